The van der Waals surface area contributed by atoms with Gasteiger partial charge in [-0.25, -0.2) is 4.79 Å². The van der Waals surface area contributed by atoms with Crippen molar-refractivity contribution in [3.8, 4) is 0 Å². The van der Waals surface area contributed by atoms with Crippen molar-refractivity contribution in [1.82, 2.24) is 25.7 Å². The van der Waals surface area contributed by atoms with Crippen molar-refractivity contribution in [2.45, 2.75) is 110 Å². The zero-order chi connectivity index (χ0) is 32.4. The predicted molar refractivity (Wildman–Crippen MR) is 175 cm³/mol. The molecule has 0 bridgehead atoms. The van der Waals surface area contributed by atoms with E-state index in [-0.39, 0.29) is 40.3 Å². The molecule has 4 N–H and O–H groups in total. The second kappa shape index (κ2) is 13.1. The number of fused-ring (bicyclic) bond motifs is 1. The van der Waals surface area contributed by atoms with E-state index in [9.17, 15) is 14.4 Å². The van der Waals surface area contributed by atoms with Gasteiger partial charge in [0.05, 0.1) is 0 Å². The summed E-state index contributed by atoms with van der Waals surface area (Å²) < 4.78 is 7.15. The van der Waals surface area contributed by atoms with Crippen molar-refractivity contribution in [2.75, 3.05) is 18.5 Å². The summed E-state index contributed by atoms with van der Waals surface area (Å²) >= 11 is 0. The lowest BCUT2D eigenvalue weighted by Crippen LogP contribution is -2.53. The molecule has 1 unspecified atom stereocenters. The van der Waals surface area contributed by atoms with Crippen LogP contribution in [0.5, 0.6) is 0 Å². The highest BCUT2D eigenvalue weighted by Gasteiger charge is 2.48. The molecule has 3 amide bonds. The number of aromatic nitrogens is 2. The van der Waals surface area contributed by atoms with Crippen LogP contribution < -0.4 is 21.3 Å². The minimum Gasteiger partial charge on any atom is -0.449 e. The van der Waals surface area contributed by atoms with E-state index in [4.69, 9.17) is 4.74 Å². The highest BCUT2D eigenvalue weighted by atomic mass is 16.5. The molecule has 0 radical (unpaired) electrons. The molecule has 246 valence electrons. The highest BCUT2D eigenvalue weighted by Crippen LogP contribution is 2.47. The first kappa shape index (κ1) is 33.0. The molecular formula is C35H52N6O4. The van der Waals surface area contributed by atoms with E-state index in [0.29, 0.717) is 18.2 Å². The maximum atomic E-state index is 13.7. The second-order valence-corrected chi connectivity index (χ2v) is 15.1. The Morgan fingerprint density at radius 3 is 2.38 bits per heavy atom. The van der Waals surface area contributed by atoms with E-state index in [0.717, 1.165) is 70.0 Å². The molecule has 2 saturated carbocycles. The van der Waals surface area contributed by atoms with E-state index in [1.165, 1.54) is 15.8 Å². The summed E-state index contributed by atoms with van der Waals surface area (Å²) in [6.07, 6.45) is 10.2. The van der Waals surface area contributed by atoms with Crippen LogP contribution in [0.1, 0.15) is 101 Å². The first-order chi connectivity index (χ1) is 21.3. The van der Waals surface area contributed by atoms with Crippen LogP contribution in [0.15, 0.2) is 30.5 Å². The van der Waals surface area contributed by atoms with Gasteiger partial charge in [0.1, 0.15) is 18.3 Å². The van der Waals surface area contributed by atoms with Gasteiger partial charge in [-0.15, -0.1) is 0 Å². The summed E-state index contributed by atoms with van der Waals surface area (Å²) in [5, 5.41) is 17.1. The smallest absolute Gasteiger partial charge is 0.407 e. The number of hydrogen-bond acceptors (Lipinski definition) is 6. The molecule has 1 aromatic carbocycles. The number of nitrogens with zero attached hydrogens (tertiary/aromatic N) is 2. The summed E-state index contributed by atoms with van der Waals surface area (Å²) in [7, 11) is 1.73. The van der Waals surface area contributed by atoms with Crippen LogP contribution in [0.2, 0.25) is 0 Å². The number of carbonyl (C=O) groups is 3. The Morgan fingerprint density at radius 1 is 1.04 bits per heavy atom. The van der Waals surface area contributed by atoms with Crippen LogP contribution in [0.25, 0.3) is 0 Å². The minimum atomic E-state index is -0.611. The number of ether oxygens (including phenoxy) is 1. The topological polar surface area (TPSA) is 126 Å². The van der Waals surface area contributed by atoms with E-state index >= 15 is 0 Å². The van der Waals surface area contributed by atoms with E-state index in [1.807, 2.05) is 26.8 Å². The number of rotatable bonds is 11. The van der Waals surface area contributed by atoms with Crippen LogP contribution in [-0.2, 0) is 29.4 Å². The normalized spacial score (nSPS) is 21.6. The molecule has 0 aliphatic heterocycles. The molecule has 0 spiro atoms. The Labute approximate surface area is 267 Å². The van der Waals surface area contributed by atoms with Gasteiger partial charge in [0.2, 0.25) is 5.91 Å². The molecule has 5 rings (SSSR count). The van der Waals surface area contributed by atoms with Crippen molar-refractivity contribution in [3.05, 3.63) is 47.3 Å². The third-order valence-electron chi connectivity index (χ3n) is 10.1. The first-order valence-corrected chi connectivity index (χ1v) is 16.7. The number of benzene rings is 1. The van der Waals surface area contributed by atoms with Crippen molar-refractivity contribution in [3.63, 3.8) is 0 Å². The molecule has 2 aromatic rings. The van der Waals surface area contributed by atoms with Gasteiger partial charge in [0.25, 0.3) is 5.91 Å². The molecule has 10 heteroatoms. The fraction of sp³-hybridized carbons (Fsp3) is 0.657. The van der Waals surface area contributed by atoms with Crippen LogP contribution >= 0.6 is 0 Å². The Bertz CT molecular complexity index is 1380. The Kier molecular flexibility index (Phi) is 9.63. The van der Waals surface area contributed by atoms with Crippen molar-refractivity contribution >= 4 is 23.6 Å². The summed E-state index contributed by atoms with van der Waals surface area (Å²) in [6.45, 7) is 11.6. The van der Waals surface area contributed by atoms with Crippen molar-refractivity contribution < 1.29 is 19.1 Å². The second-order valence-electron chi connectivity index (χ2n) is 15.1. The molecule has 2 fully saturated rings. The molecule has 0 saturated heterocycles. The monoisotopic (exact) mass is 620 g/mol. The summed E-state index contributed by atoms with van der Waals surface area (Å²) in [6, 6.07) is 7.28. The molecular weight excluding hydrogens is 568 g/mol. The number of hydrogen-bond donors (Lipinski definition) is 4. The number of anilines is 1. The number of alkyl carbamates (subject to hydrolysis) is 1. The van der Waals surface area contributed by atoms with Gasteiger partial charge in [-0.2, -0.15) is 5.10 Å². The Hall–Kier alpha value is -3.40. The third kappa shape index (κ3) is 8.07. The highest BCUT2D eigenvalue weighted by molar-refractivity contribution is 6.00. The first-order valence-electron chi connectivity index (χ1n) is 16.7. The lowest BCUT2D eigenvalue weighted by molar-refractivity contribution is -0.119. The summed E-state index contributed by atoms with van der Waals surface area (Å²) in [5.74, 6) is 0.0223. The van der Waals surface area contributed by atoms with Gasteiger partial charge in [0.15, 0.2) is 0 Å². The fourth-order valence-corrected chi connectivity index (χ4v) is 6.89. The Balaban J connectivity index is 1.23. The average Bonchev–Trinajstić information content (AvgIpc) is 3.45. The van der Waals surface area contributed by atoms with Gasteiger partial charge in [0, 0.05) is 42.0 Å². The lowest BCUT2D eigenvalue weighted by atomic mass is 9.83. The lowest BCUT2D eigenvalue weighted by Gasteiger charge is -2.36. The van der Waals surface area contributed by atoms with E-state index in [2.05, 4.69) is 52.3 Å². The number of nitrogens with one attached hydrogen (secondary N) is 4. The summed E-state index contributed by atoms with van der Waals surface area (Å²) in [5.41, 5.74) is 3.25. The summed E-state index contributed by atoms with van der Waals surface area (Å²) in [4.78, 5) is 39.1. The molecule has 45 heavy (non-hydrogen) atoms. The maximum absolute atomic E-state index is 13.7. The number of amides is 3. The number of carbonyl (C=O) groups excluding carboxylic acids is 3. The Morgan fingerprint density at radius 2 is 1.76 bits per heavy atom. The molecule has 3 aliphatic rings. The fourth-order valence-electron chi connectivity index (χ4n) is 6.89. The third-order valence-corrected chi connectivity index (χ3v) is 10.1. The largest absolute Gasteiger partial charge is 0.449 e. The molecule has 1 aromatic heterocycles. The minimum absolute atomic E-state index is 0.0148. The molecule has 2 atom stereocenters. The zero-order valence-corrected chi connectivity index (χ0v) is 27.9. The maximum Gasteiger partial charge on any atom is 0.407 e. The quantitative estimate of drug-likeness (QED) is 0.276. The molecule has 3 aliphatic carbocycles. The van der Waals surface area contributed by atoms with Gasteiger partial charge in [-0.05, 0) is 100 Å². The van der Waals surface area contributed by atoms with Crippen LogP contribution in [0.3, 0.4) is 0 Å². The van der Waals surface area contributed by atoms with Gasteiger partial charge < -0.3 is 26.0 Å². The van der Waals surface area contributed by atoms with Crippen LogP contribution in [-0.4, -0.2) is 58.0 Å². The average molecular weight is 621 g/mol. The predicted octanol–water partition coefficient (Wildman–Crippen LogP) is 5.13. The van der Waals surface area contributed by atoms with E-state index in [1.54, 1.807) is 19.3 Å². The van der Waals surface area contributed by atoms with Crippen LogP contribution in [0.4, 0.5) is 10.5 Å². The van der Waals surface area contributed by atoms with Gasteiger partial charge in [-0.1, -0.05) is 39.2 Å². The van der Waals surface area contributed by atoms with Gasteiger partial charge >= 0.3 is 6.09 Å². The van der Waals surface area contributed by atoms with Crippen LogP contribution in [0, 0.1) is 17.3 Å². The van der Waals surface area contributed by atoms with E-state index < -0.39 is 6.04 Å². The molecule has 10 nitrogen and oxygen atoms in total. The van der Waals surface area contributed by atoms with Crippen molar-refractivity contribution in [1.29, 1.82) is 0 Å². The molecule has 1 heterocycles. The zero-order valence-electron chi connectivity index (χ0n) is 27.9. The number of aryl methyl sites for hydroxylation is 1. The SMILES string of the molecule is CC(C)C1(NCC2(COC(=O)NC(C)(C)C)CC2)Cc2ccc(NC(=O)[C@@H](NC(=O)c3ccnn3C)C3CCCCC3)cc2C1. The van der Waals surface area contributed by atoms with Crippen molar-refractivity contribution in [2.24, 2.45) is 24.3 Å². The standard InChI is InChI=1S/C35H52N6O4/c1-23(2)35(36-21-34(15-16-34)22-45-32(44)40-33(3,4)5)19-25-12-13-27(18-26(25)20-35)38-31(43)29(24-10-8-7-9-11-24)39-30(42)28-14-17-37-41(28)6/h12-14,17-18,23-24,29,36H,7-11,15-16,19-22H2,1-6H3,(H,38,43)(H,39,42)(H,40,44)/t29-,35?/m0/s1. The van der Waals surface area contributed by atoms with Gasteiger partial charge in [-0.3, -0.25) is 14.3 Å².